The first-order valence-corrected chi connectivity index (χ1v) is 9.82. The summed E-state index contributed by atoms with van der Waals surface area (Å²) in [5.41, 5.74) is 4.66. The molecule has 1 atom stereocenters. The van der Waals surface area contributed by atoms with Crippen LogP contribution in [0.2, 0.25) is 0 Å². The number of aryl methyl sites for hydroxylation is 1. The molecule has 146 valence electrons. The van der Waals surface area contributed by atoms with Crippen LogP contribution in [0.3, 0.4) is 0 Å². The predicted molar refractivity (Wildman–Crippen MR) is 109 cm³/mol. The third-order valence-electron chi connectivity index (χ3n) is 5.05. The zero-order valence-electron chi connectivity index (χ0n) is 16.5. The molecule has 0 bridgehead atoms. The average Bonchev–Trinajstić information content (AvgIpc) is 3.23. The van der Waals surface area contributed by atoms with Gasteiger partial charge in [-0.1, -0.05) is 19.1 Å². The molecule has 2 heterocycles. The lowest BCUT2D eigenvalue weighted by atomic mass is 10.1. The Morgan fingerprint density at radius 3 is 2.89 bits per heavy atom. The van der Waals surface area contributed by atoms with Crippen molar-refractivity contribution in [2.45, 2.75) is 46.1 Å². The molecule has 4 rings (SSSR count). The highest BCUT2D eigenvalue weighted by molar-refractivity contribution is 5.96. The van der Waals surface area contributed by atoms with Crippen LogP contribution in [0.15, 0.2) is 41.0 Å². The van der Waals surface area contributed by atoms with Crippen LogP contribution in [0.1, 0.15) is 37.5 Å². The van der Waals surface area contributed by atoms with E-state index in [1.807, 2.05) is 38.1 Å². The Bertz CT molecular complexity index is 1020. The van der Waals surface area contributed by atoms with E-state index in [1.54, 1.807) is 6.26 Å². The second-order valence-corrected chi connectivity index (χ2v) is 7.19. The first-order chi connectivity index (χ1) is 13.6. The molecule has 5 heteroatoms. The van der Waals surface area contributed by atoms with E-state index in [2.05, 4.69) is 18.3 Å². The summed E-state index contributed by atoms with van der Waals surface area (Å²) in [6.07, 6.45) is 3.84. The number of nitrogens with one attached hydrogen (secondary N) is 1. The smallest absolute Gasteiger partial charge is 0.229 e. The average molecular weight is 379 g/mol. The number of fused-ring (bicyclic) bond motifs is 2. The molecule has 1 aliphatic heterocycles. The highest BCUT2D eigenvalue weighted by Gasteiger charge is 2.23. The van der Waals surface area contributed by atoms with Crippen LogP contribution in [-0.2, 0) is 24.1 Å². The molecule has 3 aromatic rings. The zero-order chi connectivity index (χ0) is 19.7. The maximum absolute atomic E-state index is 12.7. The second kappa shape index (κ2) is 7.58. The van der Waals surface area contributed by atoms with Crippen molar-refractivity contribution in [3.05, 3.63) is 53.3 Å². The fourth-order valence-electron chi connectivity index (χ4n) is 3.66. The molecule has 0 spiro atoms. The monoisotopic (exact) mass is 379 g/mol. The summed E-state index contributed by atoms with van der Waals surface area (Å²) in [6.45, 7) is 6.60. The third kappa shape index (κ3) is 3.57. The molecular weight excluding hydrogens is 354 g/mol. The molecule has 2 aromatic carbocycles. The van der Waals surface area contributed by atoms with Crippen molar-refractivity contribution in [3.63, 3.8) is 0 Å². The van der Waals surface area contributed by atoms with Gasteiger partial charge in [0.2, 0.25) is 5.91 Å². The summed E-state index contributed by atoms with van der Waals surface area (Å²) in [7, 11) is 0. The summed E-state index contributed by atoms with van der Waals surface area (Å²) in [6, 6.07) is 9.96. The topological polar surface area (TPSA) is 60.7 Å². The van der Waals surface area contributed by atoms with Crippen molar-refractivity contribution in [1.29, 1.82) is 0 Å². The minimum Gasteiger partial charge on any atom is -0.492 e. The van der Waals surface area contributed by atoms with Crippen LogP contribution in [-0.4, -0.2) is 18.6 Å². The van der Waals surface area contributed by atoms with E-state index in [0.717, 1.165) is 40.7 Å². The van der Waals surface area contributed by atoms with Crippen molar-refractivity contribution in [3.8, 4) is 11.5 Å². The van der Waals surface area contributed by atoms with E-state index in [-0.39, 0.29) is 18.4 Å². The molecule has 0 saturated carbocycles. The van der Waals surface area contributed by atoms with E-state index in [9.17, 15) is 4.79 Å². The van der Waals surface area contributed by atoms with Gasteiger partial charge in [-0.2, -0.15) is 0 Å². The van der Waals surface area contributed by atoms with Crippen LogP contribution in [0.5, 0.6) is 11.5 Å². The number of carbonyl (C=O) groups is 1. The van der Waals surface area contributed by atoms with Gasteiger partial charge >= 0.3 is 0 Å². The number of ether oxygens (including phenoxy) is 2. The molecule has 1 aromatic heterocycles. The quantitative estimate of drug-likeness (QED) is 0.662. The van der Waals surface area contributed by atoms with Crippen molar-refractivity contribution in [1.82, 2.24) is 0 Å². The molecule has 0 saturated heterocycles. The van der Waals surface area contributed by atoms with Gasteiger partial charge in [0.1, 0.15) is 23.2 Å². The van der Waals surface area contributed by atoms with Crippen LogP contribution < -0.4 is 14.8 Å². The van der Waals surface area contributed by atoms with Crippen LogP contribution in [0.4, 0.5) is 5.69 Å². The maximum atomic E-state index is 12.7. The Balaban J connectivity index is 1.55. The molecule has 5 nitrogen and oxygen atoms in total. The largest absolute Gasteiger partial charge is 0.492 e. The fourth-order valence-corrected chi connectivity index (χ4v) is 3.66. The molecule has 1 aliphatic rings. The summed E-state index contributed by atoms with van der Waals surface area (Å²) >= 11 is 0. The normalized spacial score (nSPS) is 15.3. The number of furan rings is 1. The lowest BCUT2D eigenvalue weighted by molar-refractivity contribution is -0.115. The summed E-state index contributed by atoms with van der Waals surface area (Å²) in [5, 5.41) is 3.96. The lowest BCUT2D eigenvalue weighted by Crippen LogP contribution is -2.15. The number of benzene rings is 2. The molecule has 0 radical (unpaired) electrons. The highest BCUT2D eigenvalue weighted by atomic mass is 16.5. The van der Waals surface area contributed by atoms with Gasteiger partial charge in [-0.15, -0.1) is 0 Å². The number of hydrogen-bond donors (Lipinski definition) is 1. The van der Waals surface area contributed by atoms with Gasteiger partial charge in [0.25, 0.3) is 0 Å². The van der Waals surface area contributed by atoms with E-state index in [1.165, 1.54) is 5.56 Å². The highest BCUT2D eigenvalue weighted by Crippen LogP contribution is 2.38. The van der Waals surface area contributed by atoms with Gasteiger partial charge in [-0.3, -0.25) is 4.79 Å². The minimum atomic E-state index is -0.116. The molecule has 1 amide bonds. The first kappa shape index (κ1) is 18.4. The maximum Gasteiger partial charge on any atom is 0.229 e. The molecule has 28 heavy (non-hydrogen) atoms. The Morgan fingerprint density at radius 2 is 2.11 bits per heavy atom. The number of carbonyl (C=O) groups excluding carboxylic acids is 1. The van der Waals surface area contributed by atoms with Crippen molar-refractivity contribution in [2.24, 2.45) is 0 Å². The van der Waals surface area contributed by atoms with Gasteiger partial charge in [0.15, 0.2) is 0 Å². The van der Waals surface area contributed by atoms with Crippen molar-refractivity contribution in [2.75, 3.05) is 11.9 Å². The third-order valence-corrected chi connectivity index (χ3v) is 5.05. The van der Waals surface area contributed by atoms with Crippen molar-refractivity contribution >= 4 is 22.6 Å². The standard InChI is InChI=1S/C23H25NO4/c1-4-15-6-7-18-17(13-27-21(18)9-15)11-23(25)24-19-12-20-16(8-14(3)28-20)10-22(19)26-5-2/h6-7,9-10,12-14H,4-5,8,11H2,1-3H3,(H,24,25). The number of amides is 1. The molecule has 1 unspecified atom stereocenters. The second-order valence-electron chi connectivity index (χ2n) is 7.19. The number of rotatable bonds is 6. The van der Waals surface area contributed by atoms with E-state index in [0.29, 0.717) is 18.0 Å². The minimum absolute atomic E-state index is 0.116. The van der Waals surface area contributed by atoms with Gasteiger partial charge in [0, 0.05) is 29.0 Å². The van der Waals surface area contributed by atoms with E-state index >= 15 is 0 Å². The first-order valence-electron chi connectivity index (χ1n) is 9.82. The van der Waals surface area contributed by atoms with Crippen LogP contribution in [0, 0.1) is 0 Å². The van der Waals surface area contributed by atoms with Crippen LogP contribution >= 0.6 is 0 Å². The van der Waals surface area contributed by atoms with E-state index < -0.39 is 0 Å². The van der Waals surface area contributed by atoms with Gasteiger partial charge in [-0.25, -0.2) is 0 Å². The van der Waals surface area contributed by atoms with Crippen molar-refractivity contribution < 1.29 is 18.7 Å². The van der Waals surface area contributed by atoms with Crippen LogP contribution in [0.25, 0.3) is 11.0 Å². The van der Waals surface area contributed by atoms with Gasteiger partial charge in [0.05, 0.1) is 25.0 Å². The number of anilines is 1. The summed E-state index contributed by atoms with van der Waals surface area (Å²) in [4.78, 5) is 12.7. The van der Waals surface area contributed by atoms with Gasteiger partial charge < -0.3 is 19.2 Å². The Kier molecular flexibility index (Phi) is 4.99. The molecule has 1 N–H and O–H groups in total. The molecular formula is C23H25NO4. The Morgan fingerprint density at radius 1 is 1.25 bits per heavy atom. The zero-order valence-corrected chi connectivity index (χ0v) is 16.5. The summed E-state index contributed by atoms with van der Waals surface area (Å²) in [5.74, 6) is 1.37. The van der Waals surface area contributed by atoms with E-state index in [4.69, 9.17) is 13.9 Å². The Labute approximate surface area is 164 Å². The number of hydrogen-bond acceptors (Lipinski definition) is 4. The Hall–Kier alpha value is -2.95. The summed E-state index contributed by atoms with van der Waals surface area (Å²) < 4.78 is 17.2. The molecule has 0 fully saturated rings. The SMILES string of the molecule is CCOc1cc2c(cc1NC(=O)Cc1coc3cc(CC)ccc13)OC(C)C2. The fraction of sp³-hybridized carbons (Fsp3) is 0.348. The van der Waals surface area contributed by atoms with Gasteiger partial charge in [-0.05, 0) is 38.0 Å². The lowest BCUT2D eigenvalue weighted by Gasteiger charge is -2.13. The molecule has 0 aliphatic carbocycles. The predicted octanol–water partition coefficient (Wildman–Crippen LogP) is 4.90.